The minimum atomic E-state index is -2.46. The van der Waals surface area contributed by atoms with E-state index in [0.29, 0.717) is 11.5 Å². The number of hydrogen-bond acceptors (Lipinski definition) is 2. The van der Waals surface area contributed by atoms with Crippen molar-refractivity contribution in [2.24, 2.45) is 10.9 Å². The van der Waals surface area contributed by atoms with E-state index in [9.17, 15) is 13.6 Å². The highest BCUT2D eigenvalue weighted by atomic mass is 19.3. The number of carbonyl (C=O) groups excluding carboxylic acids is 1. The van der Waals surface area contributed by atoms with Gasteiger partial charge in [0.1, 0.15) is 0 Å². The van der Waals surface area contributed by atoms with E-state index in [1.807, 2.05) is 35.4 Å². The largest absolute Gasteiger partial charge is 0.339 e. The molecule has 0 aliphatic carbocycles. The number of likely N-dealkylation sites (tertiary alicyclic amines) is 1. The first kappa shape index (κ1) is 18.5. The lowest BCUT2D eigenvalue weighted by molar-refractivity contribution is 0.0710. The third kappa shape index (κ3) is 3.88. The van der Waals surface area contributed by atoms with Gasteiger partial charge in [-0.2, -0.15) is 0 Å². The van der Waals surface area contributed by atoms with Crippen molar-refractivity contribution in [2.75, 3.05) is 13.1 Å². The summed E-state index contributed by atoms with van der Waals surface area (Å²) in [5, 5.41) is 0. The molecular weight excluding hydrogens is 358 g/mol. The maximum absolute atomic E-state index is 12.8. The molecule has 3 nitrogen and oxygen atoms in total. The van der Waals surface area contributed by atoms with Gasteiger partial charge in [-0.25, -0.2) is 8.78 Å². The van der Waals surface area contributed by atoms with Crippen LogP contribution in [0.4, 0.5) is 8.78 Å². The van der Waals surface area contributed by atoms with Crippen LogP contribution in [-0.4, -0.2) is 29.6 Å². The summed E-state index contributed by atoms with van der Waals surface area (Å²) >= 11 is 0. The molecule has 2 aliphatic rings. The third-order valence-electron chi connectivity index (χ3n) is 5.55. The van der Waals surface area contributed by atoms with E-state index >= 15 is 0 Å². The molecule has 4 rings (SSSR count). The predicted molar refractivity (Wildman–Crippen MR) is 107 cm³/mol. The van der Waals surface area contributed by atoms with Gasteiger partial charge in [-0.15, -0.1) is 0 Å². The molecule has 28 heavy (non-hydrogen) atoms. The van der Waals surface area contributed by atoms with Gasteiger partial charge in [-0.3, -0.25) is 9.79 Å². The maximum atomic E-state index is 12.8. The van der Waals surface area contributed by atoms with Gasteiger partial charge in [0.25, 0.3) is 12.3 Å². The number of hydrogen-bond donors (Lipinski definition) is 0. The minimum absolute atomic E-state index is 0.0123. The van der Waals surface area contributed by atoms with E-state index in [1.54, 1.807) is 12.1 Å². The lowest BCUT2D eigenvalue weighted by atomic mass is 9.90. The Balaban J connectivity index is 1.39. The van der Waals surface area contributed by atoms with Gasteiger partial charge < -0.3 is 4.90 Å². The number of benzene rings is 2. The zero-order valence-electron chi connectivity index (χ0n) is 15.5. The van der Waals surface area contributed by atoms with Crippen molar-refractivity contribution < 1.29 is 13.6 Å². The molecule has 0 aromatic heterocycles. The van der Waals surface area contributed by atoms with E-state index in [4.69, 9.17) is 0 Å². The monoisotopic (exact) mass is 380 g/mol. The smallest absolute Gasteiger partial charge is 0.263 e. The van der Waals surface area contributed by atoms with Crippen molar-refractivity contribution in [3.63, 3.8) is 0 Å². The Hall–Kier alpha value is -2.82. The molecule has 0 radical (unpaired) electrons. The lowest BCUT2D eigenvalue weighted by Gasteiger charge is -2.32. The second-order valence-corrected chi connectivity index (χ2v) is 7.28. The average Bonchev–Trinajstić information content (AvgIpc) is 3.28. The van der Waals surface area contributed by atoms with Gasteiger partial charge >= 0.3 is 0 Å². The SMILES string of the molecule is O=C(c1ccc(-c2ccc(C(F)F)cc2)cc1)N1CCC(C2=NC=CC2)CC1. The number of nitrogens with zero attached hydrogens (tertiary/aromatic N) is 2. The van der Waals surface area contributed by atoms with Crippen LogP contribution in [0.15, 0.2) is 65.8 Å². The first-order valence-electron chi connectivity index (χ1n) is 9.61. The first-order valence-corrected chi connectivity index (χ1v) is 9.61. The van der Waals surface area contributed by atoms with Crippen LogP contribution >= 0.6 is 0 Å². The fourth-order valence-electron chi connectivity index (χ4n) is 3.87. The predicted octanol–water partition coefficient (Wildman–Crippen LogP) is 5.50. The van der Waals surface area contributed by atoms with E-state index < -0.39 is 6.43 Å². The van der Waals surface area contributed by atoms with Crippen molar-refractivity contribution in [1.82, 2.24) is 4.90 Å². The summed E-state index contributed by atoms with van der Waals surface area (Å²) in [6.45, 7) is 1.50. The molecule has 0 atom stereocenters. The Bertz CT molecular complexity index is 893. The van der Waals surface area contributed by atoms with Gasteiger partial charge in [0, 0.05) is 48.5 Å². The number of allylic oxidation sites excluding steroid dienone is 1. The van der Waals surface area contributed by atoms with Crippen molar-refractivity contribution in [2.45, 2.75) is 25.7 Å². The normalized spacial score (nSPS) is 17.2. The van der Waals surface area contributed by atoms with Gasteiger partial charge in [0.2, 0.25) is 0 Å². The van der Waals surface area contributed by atoms with Crippen molar-refractivity contribution in [3.05, 3.63) is 71.9 Å². The average molecular weight is 380 g/mol. The van der Waals surface area contributed by atoms with Crippen LogP contribution < -0.4 is 0 Å². The van der Waals surface area contributed by atoms with E-state index in [2.05, 4.69) is 11.1 Å². The molecule has 2 aliphatic heterocycles. The fraction of sp³-hybridized carbons (Fsp3) is 0.304. The fourth-order valence-corrected chi connectivity index (χ4v) is 3.87. The Kier molecular flexibility index (Phi) is 5.33. The van der Waals surface area contributed by atoms with E-state index in [0.717, 1.165) is 43.5 Å². The second-order valence-electron chi connectivity index (χ2n) is 7.28. The molecule has 0 saturated carbocycles. The number of alkyl halides is 2. The van der Waals surface area contributed by atoms with Crippen molar-refractivity contribution in [1.29, 1.82) is 0 Å². The molecule has 1 saturated heterocycles. The van der Waals surface area contributed by atoms with Gasteiger partial charge in [-0.05, 0) is 36.1 Å². The molecule has 0 N–H and O–H groups in total. The molecule has 1 fully saturated rings. The summed E-state index contributed by atoms with van der Waals surface area (Å²) in [4.78, 5) is 19.1. The topological polar surface area (TPSA) is 32.7 Å². The molecule has 0 bridgehead atoms. The maximum Gasteiger partial charge on any atom is 0.263 e. The number of rotatable bonds is 4. The molecule has 2 aromatic rings. The zero-order valence-corrected chi connectivity index (χ0v) is 15.5. The molecule has 0 unspecified atom stereocenters. The summed E-state index contributed by atoms with van der Waals surface area (Å²) < 4.78 is 25.4. The quantitative estimate of drug-likeness (QED) is 0.689. The van der Waals surface area contributed by atoms with Crippen LogP contribution in [0.25, 0.3) is 11.1 Å². The Morgan fingerprint density at radius 1 is 0.964 bits per heavy atom. The minimum Gasteiger partial charge on any atom is -0.339 e. The van der Waals surface area contributed by atoms with Crippen LogP contribution in [0.3, 0.4) is 0 Å². The molecule has 2 heterocycles. The van der Waals surface area contributed by atoms with Crippen LogP contribution in [0, 0.1) is 5.92 Å². The molecule has 0 spiro atoms. The van der Waals surface area contributed by atoms with Crippen LogP contribution in [0.5, 0.6) is 0 Å². The summed E-state index contributed by atoms with van der Waals surface area (Å²) in [6.07, 6.45) is 4.35. The number of aliphatic imine (C=N–C) groups is 1. The molecule has 2 aromatic carbocycles. The number of carbonyl (C=O) groups is 1. The standard InChI is InChI=1S/C23H22F2N2O/c24-22(25)19-7-3-16(4-8-19)17-5-9-20(10-6-17)23(28)27-14-11-18(12-15-27)21-2-1-13-26-21/h1,3-10,13,18,22H,2,11-12,14-15H2. The molecule has 1 amide bonds. The first-order chi connectivity index (χ1) is 13.6. The second kappa shape index (κ2) is 8.05. The highest BCUT2D eigenvalue weighted by Crippen LogP contribution is 2.26. The number of halogens is 2. The Labute approximate surface area is 163 Å². The van der Waals surface area contributed by atoms with E-state index in [-0.39, 0.29) is 11.5 Å². The number of piperidine rings is 1. The van der Waals surface area contributed by atoms with Gasteiger partial charge in [0.05, 0.1) is 0 Å². The van der Waals surface area contributed by atoms with Crippen molar-refractivity contribution in [3.8, 4) is 11.1 Å². The summed E-state index contributed by atoms with van der Waals surface area (Å²) in [5.74, 6) is 0.530. The van der Waals surface area contributed by atoms with E-state index in [1.165, 1.54) is 17.8 Å². The summed E-state index contributed by atoms with van der Waals surface area (Å²) in [7, 11) is 0. The lowest BCUT2D eigenvalue weighted by Crippen LogP contribution is -2.40. The van der Waals surface area contributed by atoms with Crippen molar-refractivity contribution >= 4 is 11.6 Å². The zero-order chi connectivity index (χ0) is 19.5. The third-order valence-corrected chi connectivity index (χ3v) is 5.55. The Morgan fingerprint density at radius 2 is 1.57 bits per heavy atom. The summed E-state index contributed by atoms with van der Waals surface area (Å²) in [6, 6.07) is 13.6. The summed E-state index contributed by atoms with van der Waals surface area (Å²) in [5.41, 5.74) is 3.68. The van der Waals surface area contributed by atoms with Gasteiger partial charge in [-0.1, -0.05) is 42.5 Å². The van der Waals surface area contributed by atoms with Crippen LogP contribution in [-0.2, 0) is 0 Å². The number of amides is 1. The molecule has 144 valence electrons. The molecular formula is C23H22F2N2O. The van der Waals surface area contributed by atoms with Crippen LogP contribution in [0.2, 0.25) is 0 Å². The highest BCUT2D eigenvalue weighted by molar-refractivity contribution is 5.95. The highest BCUT2D eigenvalue weighted by Gasteiger charge is 2.26. The molecule has 5 heteroatoms. The van der Waals surface area contributed by atoms with Crippen LogP contribution in [0.1, 0.15) is 41.6 Å². The Morgan fingerprint density at radius 3 is 2.11 bits per heavy atom. The van der Waals surface area contributed by atoms with Gasteiger partial charge in [0.15, 0.2) is 0 Å².